The van der Waals surface area contributed by atoms with E-state index in [0.717, 1.165) is 40.4 Å². The summed E-state index contributed by atoms with van der Waals surface area (Å²) in [6, 6.07) is 7.81. The zero-order chi connectivity index (χ0) is 11.1. The van der Waals surface area contributed by atoms with Crippen LogP contribution in [0.25, 0.3) is 11.3 Å². The van der Waals surface area contributed by atoms with E-state index in [1.54, 1.807) is 0 Å². The smallest absolute Gasteiger partial charge is 0.0986 e. The Labute approximate surface area is 98.6 Å². The van der Waals surface area contributed by atoms with Crippen molar-refractivity contribution >= 4 is 11.6 Å². The predicted molar refractivity (Wildman–Crippen MR) is 64.3 cm³/mol. The van der Waals surface area contributed by atoms with Crippen molar-refractivity contribution in [3.05, 3.63) is 40.5 Å². The highest BCUT2D eigenvalue weighted by atomic mass is 35.5. The molecule has 3 rings (SSSR count). The number of nitrogens with zero attached hydrogens (tertiary/aromatic N) is 1. The molecule has 0 fully saturated rings. The van der Waals surface area contributed by atoms with Crippen LogP contribution in [0.2, 0.25) is 5.02 Å². The topological polar surface area (TPSA) is 54.7 Å². The minimum absolute atomic E-state index is 0.0834. The summed E-state index contributed by atoms with van der Waals surface area (Å²) in [6.45, 7) is 0. The van der Waals surface area contributed by atoms with Crippen LogP contribution in [0, 0.1) is 0 Å². The Kier molecular flexibility index (Phi) is 2.23. The lowest BCUT2D eigenvalue weighted by Crippen LogP contribution is -2.06. The standard InChI is InChI=1S/C12H12ClN3/c13-8-4-2-1-3-7(8)12-11-9(14)5-6-10(11)15-16-12/h1-4,9H,5-6,14H2,(H,15,16). The molecule has 4 heteroatoms. The third-order valence-electron chi connectivity index (χ3n) is 3.09. The van der Waals surface area contributed by atoms with E-state index in [-0.39, 0.29) is 6.04 Å². The van der Waals surface area contributed by atoms with Gasteiger partial charge in [-0.05, 0) is 18.9 Å². The fourth-order valence-electron chi connectivity index (χ4n) is 2.28. The van der Waals surface area contributed by atoms with Crippen LogP contribution in [-0.4, -0.2) is 10.2 Å². The largest absolute Gasteiger partial charge is 0.324 e. The molecular weight excluding hydrogens is 222 g/mol. The molecule has 1 heterocycles. The van der Waals surface area contributed by atoms with Gasteiger partial charge in [0, 0.05) is 22.9 Å². The number of hydrogen-bond acceptors (Lipinski definition) is 2. The number of H-pyrrole nitrogens is 1. The van der Waals surface area contributed by atoms with Gasteiger partial charge in [-0.25, -0.2) is 0 Å². The molecule has 0 spiro atoms. The first-order valence-corrected chi connectivity index (χ1v) is 5.73. The first-order valence-electron chi connectivity index (χ1n) is 5.35. The molecule has 0 radical (unpaired) electrons. The van der Waals surface area contributed by atoms with Crippen molar-refractivity contribution in [1.29, 1.82) is 0 Å². The van der Waals surface area contributed by atoms with Gasteiger partial charge >= 0.3 is 0 Å². The lowest BCUT2D eigenvalue weighted by Gasteiger charge is -2.06. The zero-order valence-corrected chi connectivity index (χ0v) is 9.46. The van der Waals surface area contributed by atoms with Gasteiger partial charge in [0.05, 0.1) is 10.7 Å². The lowest BCUT2D eigenvalue weighted by atomic mass is 10.0. The van der Waals surface area contributed by atoms with Gasteiger partial charge in [-0.1, -0.05) is 29.8 Å². The molecule has 1 aromatic heterocycles. The molecule has 1 aliphatic carbocycles. The summed E-state index contributed by atoms with van der Waals surface area (Å²) in [5.74, 6) is 0. The average Bonchev–Trinajstić information content (AvgIpc) is 2.83. The number of benzene rings is 1. The maximum Gasteiger partial charge on any atom is 0.0986 e. The highest BCUT2D eigenvalue weighted by molar-refractivity contribution is 6.33. The number of nitrogens with one attached hydrogen (secondary N) is 1. The number of hydrogen-bond donors (Lipinski definition) is 2. The second kappa shape index (κ2) is 3.61. The van der Waals surface area contributed by atoms with E-state index in [2.05, 4.69) is 10.2 Å². The van der Waals surface area contributed by atoms with E-state index < -0.39 is 0 Å². The molecule has 3 N–H and O–H groups in total. The number of nitrogens with two attached hydrogens (primary N) is 1. The first-order chi connectivity index (χ1) is 7.77. The van der Waals surface area contributed by atoms with E-state index >= 15 is 0 Å². The quantitative estimate of drug-likeness (QED) is 0.796. The molecule has 82 valence electrons. The molecule has 1 atom stereocenters. The van der Waals surface area contributed by atoms with Gasteiger partial charge < -0.3 is 5.73 Å². The highest BCUT2D eigenvalue weighted by Crippen LogP contribution is 2.37. The van der Waals surface area contributed by atoms with Gasteiger partial charge in [0.2, 0.25) is 0 Å². The Bertz CT molecular complexity index is 533. The van der Waals surface area contributed by atoms with Crippen LogP contribution >= 0.6 is 11.6 Å². The van der Waals surface area contributed by atoms with Crippen LogP contribution in [0.5, 0.6) is 0 Å². The van der Waals surface area contributed by atoms with Gasteiger partial charge in [0.1, 0.15) is 0 Å². The minimum Gasteiger partial charge on any atom is -0.324 e. The Balaban J connectivity index is 2.19. The number of halogens is 1. The molecule has 1 aliphatic rings. The van der Waals surface area contributed by atoms with Crippen molar-refractivity contribution in [3.8, 4) is 11.3 Å². The molecule has 1 unspecified atom stereocenters. The maximum atomic E-state index is 6.17. The summed E-state index contributed by atoms with van der Waals surface area (Å²) in [4.78, 5) is 0. The van der Waals surface area contributed by atoms with E-state index in [9.17, 15) is 0 Å². The molecule has 1 aromatic carbocycles. The summed E-state index contributed by atoms with van der Waals surface area (Å²) < 4.78 is 0. The highest BCUT2D eigenvalue weighted by Gasteiger charge is 2.26. The van der Waals surface area contributed by atoms with Crippen molar-refractivity contribution in [2.24, 2.45) is 5.73 Å². The minimum atomic E-state index is 0.0834. The fraction of sp³-hybridized carbons (Fsp3) is 0.250. The summed E-state index contributed by atoms with van der Waals surface area (Å²) in [7, 11) is 0. The SMILES string of the molecule is NC1CCc2[nH]nc(-c3ccccc3Cl)c21. The van der Waals surface area contributed by atoms with Gasteiger partial charge in [0.25, 0.3) is 0 Å². The summed E-state index contributed by atoms with van der Waals surface area (Å²) in [5, 5.41) is 8.10. The number of aromatic amines is 1. The Hall–Kier alpha value is -1.32. The van der Waals surface area contributed by atoms with E-state index in [1.807, 2.05) is 24.3 Å². The van der Waals surface area contributed by atoms with Gasteiger partial charge in [-0.2, -0.15) is 5.10 Å². The average molecular weight is 234 g/mol. The van der Waals surface area contributed by atoms with Crippen molar-refractivity contribution in [3.63, 3.8) is 0 Å². The number of aryl methyl sites for hydroxylation is 1. The van der Waals surface area contributed by atoms with Crippen LogP contribution < -0.4 is 5.73 Å². The Morgan fingerprint density at radius 3 is 3.00 bits per heavy atom. The third kappa shape index (κ3) is 1.36. The Morgan fingerprint density at radius 2 is 2.19 bits per heavy atom. The zero-order valence-electron chi connectivity index (χ0n) is 8.70. The van der Waals surface area contributed by atoms with Crippen molar-refractivity contribution in [2.45, 2.75) is 18.9 Å². The van der Waals surface area contributed by atoms with Crippen LogP contribution in [0.4, 0.5) is 0 Å². The number of aromatic nitrogens is 2. The van der Waals surface area contributed by atoms with Crippen molar-refractivity contribution < 1.29 is 0 Å². The number of rotatable bonds is 1. The third-order valence-corrected chi connectivity index (χ3v) is 3.42. The van der Waals surface area contributed by atoms with Crippen molar-refractivity contribution in [2.75, 3.05) is 0 Å². The second-order valence-corrected chi connectivity index (χ2v) is 4.50. The van der Waals surface area contributed by atoms with Gasteiger partial charge in [-0.15, -0.1) is 0 Å². The van der Waals surface area contributed by atoms with Gasteiger partial charge in [0.15, 0.2) is 0 Å². The monoisotopic (exact) mass is 233 g/mol. The fourth-order valence-corrected chi connectivity index (χ4v) is 2.50. The van der Waals surface area contributed by atoms with Crippen LogP contribution in [0.15, 0.2) is 24.3 Å². The second-order valence-electron chi connectivity index (χ2n) is 4.09. The molecule has 2 aromatic rings. The Morgan fingerprint density at radius 1 is 1.38 bits per heavy atom. The van der Waals surface area contributed by atoms with Gasteiger partial charge in [-0.3, -0.25) is 5.10 Å². The predicted octanol–water partition coefficient (Wildman–Crippen LogP) is 2.68. The van der Waals surface area contributed by atoms with Crippen molar-refractivity contribution in [1.82, 2.24) is 10.2 Å². The molecular formula is C12H12ClN3. The summed E-state index contributed by atoms with van der Waals surface area (Å²) >= 11 is 6.17. The summed E-state index contributed by atoms with van der Waals surface area (Å²) in [6.07, 6.45) is 1.97. The molecule has 0 amide bonds. The lowest BCUT2D eigenvalue weighted by molar-refractivity contribution is 0.705. The van der Waals surface area contributed by atoms with E-state index in [1.165, 1.54) is 0 Å². The molecule has 0 saturated heterocycles. The molecule has 0 aliphatic heterocycles. The van der Waals surface area contributed by atoms with E-state index in [4.69, 9.17) is 17.3 Å². The molecule has 3 nitrogen and oxygen atoms in total. The van der Waals surface area contributed by atoms with Crippen LogP contribution in [0.3, 0.4) is 0 Å². The molecule has 0 bridgehead atoms. The van der Waals surface area contributed by atoms with E-state index in [0.29, 0.717) is 0 Å². The number of fused-ring (bicyclic) bond motifs is 1. The molecule has 0 saturated carbocycles. The molecule has 16 heavy (non-hydrogen) atoms. The first kappa shape index (κ1) is 9.87. The maximum absolute atomic E-state index is 6.17. The normalized spacial score (nSPS) is 18.8. The van der Waals surface area contributed by atoms with Crippen LogP contribution in [-0.2, 0) is 6.42 Å². The van der Waals surface area contributed by atoms with Crippen LogP contribution in [0.1, 0.15) is 23.7 Å². The summed E-state index contributed by atoms with van der Waals surface area (Å²) in [5.41, 5.74) is 10.2.